The van der Waals surface area contributed by atoms with E-state index in [1.165, 1.54) is 0 Å². The molecule has 0 aliphatic carbocycles. The molecule has 0 radical (unpaired) electrons. The van der Waals surface area contributed by atoms with E-state index in [2.05, 4.69) is 36.3 Å². The molecule has 5 nitrogen and oxygen atoms in total. The molecule has 1 unspecified atom stereocenters. The summed E-state index contributed by atoms with van der Waals surface area (Å²) in [6.45, 7) is 0. The number of hydrogen-bond acceptors (Lipinski definition) is 5. The molecular weight excluding hydrogens is 318 g/mol. The largest absolute Gasteiger partial charge is 0.270 e. The number of hydrogen-bond donors (Lipinski definition) is 2. The topological polar surface area (TPSA) is 76.7 Å². The molecule has 0 fully saturated rings. The van der Waals surface area contributed by atoms with Gasteiger partial charge in [0.2, 0.25) is 0 Å². The number of halogens is 1. The Morgan fingerprint density at radius 2 is 2.05 bits per heavy atom. The van der Waals surface area contributed by atoms with E-state index < -0.39 is 0 Å². The zero-order valence-corrected chi connectivity index (χ0v) is 12.1. The van der Waals surface area contributed by atoms with Crippen molar-refractivity contribution in [2.75, 3.05) is 0 Å². The average Bonchev–Trinajstić information content (AvgIpc) is 2.49. The molecule has 0 amide bonds. The number of fused-ring (bicyclic) bond motifs is 1. The highest BCUT2D eigenvalue weighted by Gasteiger charge is 2.19. The van der Waals surface area contributed by atoms with Crippen molar-refractivity contribution in [3.8, 4) is 0 Å². The fourth-order valence-electron chi connectivity index (χ4n) is 2.07. The van der Waals surface area contributed by atoms with E-state index >= 15 is 0 Å². The van der Waals surface area contributed by atoms with Crippen LogP contribution in [0.1, 0.15) is 17.4 Å². The molecule has 20 heavy (non-hydrogen) atoms. The highest BCUT2D eigenvalue weighted by Crippen LogP contribution is 2.28. The zero-order chi connectivity index (χ0) is 13.9. The number of para-hydroxylation sites is 1. The Hall–Kier alpha value is -1.89. The molecule has 1 atom stereocenters. The fraction of sp³-hybridized carbons (Fsp3) is 0.0714. The third kappa shape index (κ3) is 2.40. The Balaban J connectivity index is 2.14. The summed E-state index contributed by atoms with van der Waals surface area (Å²) < 4.78 is 0.879. The van der Waals surface area contributed by atoms with Gasteiger partial charge in [0.25, 0.3) is 0 Å². The first-order chi connectivity index (χ1) is 9.79. The number of hydrazine groups is 1. The van der Waals surface area contributed by atoms with Crippen LogP contribution in [-0.2, 0) is 0 Å². The summed E-state index contributed by atoms with van der Waals surface area (Å²) in [5, 5.41) is 1.07. The molecule has 100 valence electrons. The highest BCUT2D eigenvalue weighted by atomic mass is 79.9. The minimum atomic E-state index is -0.317. The second kappa shape index (κ2) is 5.62. The molecule has 2 aromatic heterocycles. The first kappa shape index (κ1) is 13.1. The summed E-state index contributed by atoms with van der Waals surface area (Å²) >= 11 is 3.55. The minimum absolute atomic E-state index is 0.317. The van der Waals surface area contributed by atoms with Crippen molar-refractivity contribution < 1.29 is 0 Å². The predicted molar refractivity (Wildman–Crippen MR) is 80.6 cm³/mol. The van der Waals surface area contributed by atoms with Crippen LogP contribution in [0.3, 0.4) is 0 Å². The van der Waals surface area contributed by atoms with Crippen molar-refractivity contribution in [1.82, 2.24) is 20.4 Å². The van der Waals surface area contributed by atoms with Crippen molar-refractivity contribution in [1.29, 1.82) is 0 Å². The maximum Gasteiger partial charge on any atom is 0.108 e. The van der Waals surface area contributed by atoms with Crippen LogP contribution >= 0.6 is 15.9 Å². The van der Waals surface area contributed by atoms with Gasteiger partial charge in [-0.1, -0.05) is 18.2 Å². The van der Waals surface area contributed by atoms with Crippen LogP contribution < -0.4 is 11.3 Å². The Labute approximate surface area is 124 Å². The van der Waals surface area contributed by atoms with Crippen LogP contribution in [0.5, 0.6) is 0 Å². The third-order valence-corrected chi connectivity index (χ3v) is 3.66. The molecular formula is C14H12BrN5. The van der Waals surface area contributed by atoms with E-state index in [1.807, 2.05) is 30.3 Å². The number of nitrogens with two attached hydrogens (primary N) is 1. The molecule has 2 heterocycles. The molecule has 0 saturated heterocycles. The molecule has 0 bridgehead atoms. The van der Waals surface area contributed by atoms with E-state index in [0.717, 1.165) is 26.8 Å². The first-order valence-corrected chi connectivity index (χ1v) is 6.86. The monoisotopic (exact) mass is 329 g/mol. The average molecular weight is 330 g/mol. The first-order valence-electron chi connectivity index (χ1n) is 6.07. The van der Waals surface area contributed by atoms with Gasteiger partial charge in [-0.05, 0) is 28.1 Å². The highest BCUT2D eigenvalue weighted by molar-refractivity contribution is 9.10. The summed E-state index contributed by atoms with van der Waals surface area (Å²) in [4.78, 5) is 13.0. The number of pyridine rings is 1. The van der Waals surface area contributed by atoms with Crippen LogP contribution in [-0.4, -0.2) is 15.0 Å². The minimum Gasteiger partial charge on any atom is -0.270 e. The number of nitrogens with zero attached hydrogens (tertiary/aromatic N) is 3. The van der Waals surface area contributed by atoms with Crippen molar-refractivity contribution in [2.24, 2.45) is 5.84 Å². The summed E-state index contributed by atoms with van der Waals surface area (Å²) in [7, 11) is 0. The summed E-state index contributed by atoms with van der Waals surface area (Å²) in [6, 6.07) is 9.64. The lowest BCUT2D eigenvalue weighted by atomic mass is 10.1. The van der Waals surface area contributed by atoms with E-state index in [1.54, 1.807) is 18.6 Å². The van der Waals surface area contributed by atoms with Gasteiger partial charge in [-0.2, -0.15) is 0 Å². The molecule has 1 aromatic carbocycles. The van der Waals surface area contributed by atoms with Crippen molar-refractivity contribution in [3.63, 3.8) is 0 Å². The summed E-state index contributed by atoms with van der Waals surface area (Å²) in [5.74, 6) is 5.67. The van der Waals surface area contributed by atoms with Gasteiger partial charge in [0, 0.05) is 22.3 Å². The van der Waals surface area contributed by atoms with E-state index in [4.69, 9.17) is 5.84 Å². The second-order valence-electron chi connectivity index (χ2n) is 4.28. The van der Waals surface area contributed by atoms with Gasteiger partial charge in [-0.25, -0.2) is 10.4 Å². The van der Waals surface area contributed by atoms with Crippen LogP contribution in [0.2, 0.25) is 0 Å². The molecule has 3 N–H and O–H groups in total. The lowest BCUT2D eigenvalue weighted by Gasteiger charge is -2.16. The zero-order valence-electron chi connectivity index (χ0n) is 10.5. The Morgan fingerprint density at radius 3 is 2.80 bits per heavy atom. The van der Waals surface area contributed by atoms with Gasteiger partial charge in [-0.15, -0.1) is 0 Å². The number of aromatic nitrogens is 3. The number of nitrogens with one attached hydrogen (secondary N) is 1. The summed E-state index contributed by atoms with van der Waals surface area (Å²) in [6.07, 6.45) is 4.93. The maximum absolute atomic E-state index is 5.67. The standard InChI is InChI=1S/C14H12BrN5/c15-10-7-9-3-1-2-4-11(9)19-13(10)14(20-16)12-8-17-5-6-18-12/h1-8,14,20H,16H2. The van der Waals surface area contributed by atoms with Crippen LogP contribution in [0.15, 0.2) is 53.4 Å². The molecule has 0 spiro atoms. The second-order valence-corrected chi connectivity index (χ2v) is 5.13. The van der Waals surface area contributed by atoms with Crippen LogP contribution in [0, 0.1) is 0 Å². The summed E-state index contributed by atoms with van der Waals surface area (Å²) in [5.41, 5.74) is 5.16. The Bertz CT molecular complexity index is 732. The molecule has 3 aromatic rings. The van der Waals surface area contributed by atoms with Gasteiger partial charge >= 0.3 is 0 Å². The molecule has 0 saturated carbocycles. The van der Waals surface area contributed by atoms with Gasteiger partial charge < -0.3 is 0 Å². The Morgan fingerprint density at radius 1 is 1.20 bits per heavy atom. The van der Waals surface area contributed by atoms with E-state index in [-0.39, 0.29) is 6.04 Å². The van der Waals surface area contributed by atoms with Crippen molar-refractivity contribution in [3.05, 3.63) is 64.8 Å². The quantitative estimate of drug-likeness (QED) is 0.569. The van der Waals surface area contributed by atoms with Crippen molar-refractivity contribution in [2.45, 2.75) is 6.04 Å². The number of benzene rings is 1. The van der Waals surface area contributed by atoms with Crippen LogP contribution in [0.25, 0.3) is 10.9 Å². The van der Waals surface area contributed by atoms with Gasteiger partial charge in [0.1, 0.15) is 6.04 Å². The lowest BCUT2D eigenvalue weighted by Crippen LogP contribution is -2.30. The molecule has 0 aliphatic rings. The van der Waals surface area contributed by atoms with Gasteiger partial charge in [0.15, 0.2) is 0 Å². The Kier molecular flexibility index (Phi) is 3.68. The van der Waals surface area contributed by atoms with E-state index in [0.29, 0.717) is 0 Å². The van der Waals surface area contributed by atoms with Gasteiger partial charge in [0.05, 0.1) is 23.1 Å². The number of rotatable bonds is 3. The molecule has 6 heteroatoms. The molecule has 0 aliphatic heterocycles. The normalized spacial score (nSPS) is 12.5. The predicted octanol–water partition coefficient (Wildman–Crippen LogP) is 2.34. The fourth-order valence-corrected chi connectivity index (χ4v) is 2.64. The smallest absolute Gasteiger partial charge is 0.108 e. The van der Waals surface area contributed by atoms with E-state index in [9.17, 15) is 0 Å². The lowest BCUT2D eigenvalue weighted by molar-refractivity contribution is 0.602. The van der Waals surface area contributed by atoms with Crippen molar-refractivity contribution >= 4 is 26.8 Å². The maximum atomic E-state index is 5.67. The van der Waals surface area contributed by atoms with Crippen LogP contribution in [0.4, 0.5) is 0 Å². The third-order valence-electron chi connectivity index (χ3n) is 3.02. The van der Waals surface area contributed by atoms with Gasteiger partial charge in [-0.3, -0.25) is 15.8 Å². The molecule has 3 rings (SSSR count). The SMILES string of the molecule is NNC(c1cnccn1)c1nc2ccccc2cc1Br.